The lowest BCUT2D eigenvalue weighted by atomic mass is 10.2. The number of nitrogens with zero attached hydrogens (tertiary/aromatic N) is 1. The number of rotatable bonds is 7. The van der Waals surface area contributed by atoms with E-state index in [9.17, 15) is 4.79 Å². The van der Waals surface area contributed by atoms with Crippen molar-refractivity contribution < 1.29 is 14.4 Å². The fourth-order valence-corrected chi connectivity index (χ4v) is 1.88. The molecule has 0 fully saturated rings. The molecule has 0 amide bonds. The van der Waals surface area contributed by atoms with Gasteiger partial charge in [0.05, 0.1) is 25.1 Å². The van der Waals surface area contributed by atoms with Crippen molar-refractivity contribution in [1.82, 2.24) is 0 Å². The number of hydrogen-bond donors (Lipinski definition) is 0. The fraction of sp³-hybridized carbons (Fsp3) is 0.188. The molecule has 0 aliphatic heterocycles. The summed E-state index contributed by atoms with van der Waals surface area (Å²) in [5, 5.41) is 1.75. The highest BCUT2D eigenvalue weighted by Gasteiger charge is 2.07. The summed E-state index contributed by atoms with van der Waals surface area (Å²) >= 11 is 0. The molecule has 0 aliphatic rings. The average molecular weight is 271 g/mol. The van der Waals surface area contributed by atoms with Gasteiger partial charge in [0.1, 0.15) is 12.9 Å². The van der Waals surface area contributed by atoms with Gasteiger partial charge in [0.25, 0.3) is 0 Å². The zero-order chi connectivity index (χ0) is 14.2. The molecule has 0 heterocycles. The number of para-hydroxylation sites is 1. The largest absolute Gasteiger partial charge is 0.369 e. The second-order valence-corrected chi connectivity index (χ2v) is 4.16. The molecule has 0 spiro atoms. The molecule has 20 heavy (non-hydrogen) atoms. The van der Waals surface area contributed by atoms with Crippen molar-refractivity contribution in [1.29, 1.82) is 0 Å². The van der Waals surface area contributed by atoms with E-state index in [0.29, 0.717) is 6.61 Å². The van der Waals surface area contributed by atoms with Crippen LogP contribution < -0.4 is 5.06 Å². The summed E-state index contributed by atoms with van der Waals surface area (Å²) in [7, 11) is 1.63. The van der Waals surface area contributed by atoms with Crippen LogP contribution in [0.1, 0.15) is 5.56 Å². The van der Waals surface area contributed by atoms with Gasteiger partial charge in [-0.1, -0.05) is 30.3 Å². The molecule has 0 aromatic heterocycles. The van der Waals surface area contributed by atoms with Crippen LogP contribution in [0.3, 0.4) is 0 Å². The molecule has 2 aromatic carbocycles. The van der Waals surface area contributed by atoms with Gasteiger partial charge in [-0.05, 0) is 29.8 Å². The van der Waals surface area contributed by atoms with E-state index >= 15 is 0 Å². The van der Waals surface area contributed by atoms with Gasteiger partial charge in [0, 0.05) is 0 Å². The van der Waals surface area contributed by atoms with Gasteiger partial charge in [-0.3, -0.25) is 4.84 Å². The van der Waals surface area contributed by atoms with E-state index in [1.807, 2.05) is 54.6 Å². The van der Waals surface area contributed by atoms with Crippen LogP contribution in [0.5, 0.6) is 0 Å². The Bertz CT molecular complexity index is 525. The van der Waals surface area contributed by atoms with E-state index in [-0.39, 0.29) is 6.61 Å². The Kier molecular flexibility index (Phi) is 5.29. The van der Waals surface area contributed by atoms with Crippen LogP contribution >= 0.6 is 0 Å². The quantitative estimate of drug-likeness (QED) is 0.440. The highest BCUT2D eigenvalue weighted by atomic mass is 16.7. The average Bonchev–Trinajstić information content (AvgIpc) is 2.51. The van der Waals surface area contributed by atoms with Crippen molar-refractivity contribution >= 4 is 17.7 Å². The molecule has 4 heteroatoms. The van der Waals surface area contributed by atoms with Crippen molar-refractivity contribution in [3.8, 4) is 0 Å². The maximum absolute atomic E-state index is 10.2. The molecular formula is C16H17NO3. The Morgan fingerprint density at radius 1 is 1.00 bits per heavy atom. The zero-order valence-corrected chi connectivity index (χ0v) is 11.4. The van der Waals surface area contributed by atoms with Crippen LogP contribution in [0.4, 0.5) is 11.4 Å². The minimum atomic E-state index is 0.121. The second-order valence-electron chi connectivity index (χ2n) is 4.16. The summed E-state index contributed by atoms with van der Waals surface area (Å²) < 4.78 is 5.17. The van der Waals surface area contributed by atoms with E-state index in [1.54, 1.807) is 12.2 Å². The van der Waals surface area contributed by atoms with Crippen molar-refractivity contribution in [2.75, 3.05) is 18.8 Å². The van der Waals surface area contributed by atoms with Gasteiger partial charge in [0.2, 0.25) is 0 Å². The summed E-state index contributed by atoms with van der Waals surface area (Å²) in [6.07, 6.45) is 0.746. The first-order valence-electron chi connectivity index (χ1n) is 6.34. The SMILES string of the molecule is CON(c1ccccc1)c1ccc(COCC=O)cc1. The third kappa shape index (κ3) is 3.66. The van der Waals surface area contributed by atoms with Gasteiger partial charge in [-0.15, -0.1) is 0 Å². The molecule has 104 valence electrons. The highest BCUT2D eigenvalue weighted by molar-refractivity contribution is 5.60. The topological polar surface area (TPSA) is 38.8 Å². The number of aldehydes is 1. The zero-order valence-electron chi connectivity index (χ0n) is 11.4. The van der Waals surface area contributed by atoms with E-state index < -0.39 is 0 Å². The molecule has 4 nitrogen and oxygen atoms in total. The molecule has 0 bridgehead atoms. The smallest absolute Gasteiger partial charge is 0.145 e. The predicted molar refractivity (Wildman–Crippen MR) is 77.8 cm³/mol. The lowest BCUT2D eigenvalue weighted by Crippen LogP contribution is -2.14. The van der Waals surface area contributed by atoms with E-state index in [1.165, 1.54) is 0 Å². The van der Waals surface area contributed by atoms with E-state index in [2.05, 4.69) is 0 Å². The van der Waals surface area contributed by atoms with Crippen LogP contribution in [0, 0.1) is 0 Å². The predicted octanol–water partition coefficient (Wildman–Crippen LogP) is 3.10. The standard InChI is InChI=1S/C16H17NO3/c1-19-17(15-5-3-2-4-6-15)16-9-7-14(8-10-16)13-20-12-11-18/h2-11H,12-13H2,1H3. The summed E-state index contributed by atoms with van der Waals surface area (Å²) in [6.45, 7) is 0.549. The minimum absolute atomic E-state index is 0.121. The molecule has 0 N–H and O–H groups in total. The second kappa shape index (κ2) is 7.43. The molecule has 2 rings (SSSR count). The first kappa shape index (κ1) is 14.2. The Morgan fingerprint density at radius 2 is 1.65 bits per heavy atom. The lowest BCUT2D eigenvalue weighted by Gasteiger charge is -2.22. The Hall–Kier alpha value is -2.17. The van der Waals surface area contributed by atoms with Crippen LogP contribution in [0.15, 0.2) is 54.6 Å². The summed E-state index contributed by atoms with van der Waals surface area (Å²) in [4.78, 5) is 15.6. The number of benzene rings is 2. The summed E-state index contributed by atoms with van der Waals surface area (Å²) in [5.41, 5.74) is 2.90. The Morgan fingerprint density at radius 3 is 2.25 bits per heavy atom. The van der Waals surface area contributed by atoms with Gasteiger partial charge < -0.3 is 9.53 Å². The highest BCUT2D eigenvalue weighted by Crippen LogP contribution is 2.25. The molecule has 0 radical (unpaired) electrons. The molecule has 0 aliphatic carbocycles. The number of ether oxygens (including phenoxy) is 1. The fourth-order valence-electron chi connectivity index (χ4n) is 1.88. The van der Waals surface area contributed by atoms with Crippen LogP contribution in [0.25, 0.3) is 0 Å². The van der Waals surface area contributed by atoms with Gasteiger partial charge in [0.15, 0.2) is 0 Å². The van der Waals surface area contributed by atoms with Crippen molar-refractivity contribution in [3.63, 3.8) is 0 Å². The molecule has 0 saturated heterocycles. The first-order chi connectivity index (χ1) is 9.85. The summed E-state index contributed by atoms with van der Waals surface area (Å²) in [6, 6.07) is 17.7. The number of anilines is 2. The Balaban J connectivity index is 2.09. The van der Waals surface area contributed by atoms with Crippen LogP contribution in [-0.4, -0.2) is 20.0 Å². The van der Waals surface area contributed by atoms with E-state index in [4.69, 9.17) is 9.57 Å². The number of carbonyl (C=O) groups is 1. The maximum Gasteiger partial charge on any atom is 0.145 e. The van der Waals surface area contributed by atoms with Crippen LogP contribution in [0.2, 0.25) is 0 Å². The molecule has 0 unspecified atom stereocenters. The summed E-state index contributed by atoms with van der Waals surface area (Å²) in [5.74, 6) is 0. The normalized spacial score (nSPS) is 10.2. The third-order valence-electron chi connectivity index (χ3n) is 2.80. The monoisotopic (exact) mass is 271 g/mol. The molecule has 2 aromatic rings. The maximum atomic E-state index is 10.2. The number of carbonyl (C=O) groups excluding carboxylic acids is 1. The first-order valence-corrected chi connectivity index (χ1v) is 6.34. The van der Waals surface area contributed by atoms with Gasteiger partial charge in [-0.2, -0.15) is 0 Å². The van der Waals surface area contributed by atoms with Crippen molar-refractivity contribution in [2.45, 2.75) is 6.61 Å². The van der Waals surface area contributed by atoms with Crippen molar-refractivity contribution in [3.05, 3.63) is 60.2 Å². The van der Waals surface area contributed by atoms with Gasteiger partial charge in [-0.25, -0.2) is 5.06 Å². The lowest BCUT2D eigenvalue weighted by molar-refractivity contribution is -0.112. The molecule has 0 saturated carbocycles. The van der Waals surface area contributed by atoms with Crippen LogP contribution in [-0.2, 0) is 21.0 Å². The molecular weight excluding hydrogens is 254 g/mol. The Labute approximate surface area is 118 Å². The third-order valence-corrected chi connectivity index (χ3v) is 2.80. The van der Waals surface area contributed by atoms with E-state index in [0.717, 1.165) is 23.2 Å². The number of hydrogen-bond acceptors (Lipinski definition) is 4. The minimum Gasteiger partial charge on any atom is -0.369 e. The van der Waals surface area contributed by atoms with Gasteiger partial charge >= 0.3 is 0 Å². The van der Waals surface area contributed by atoms with Crippen molar-refractivity contribution in [2.24, 2.45) is 0 Å². The molecule has 0 atom stereocenters.